The molecule has 108 valence electrons. The highest BCUT2D eigenvalue weighted by molar-refractivity contribution is 5.99. The number of aromatic carboxylic acids is 1. The van der Waals surface area contributed by atoms with Gasteiger partial charge in [0.15, 0.2) is 0 Å². The molecule has 0 aliphatic rings. The van der Waals surface area contributed by atoms with Gasteiger partial charge in [-0.25, -0.2) is 9.78 Å². The second kappa shape index (κ2) is 6.47. The van der Waals surface area contributed by atoms with Crippen molar-refractivity contribution in [2.75, 3.05) is 5.32 Å². The molecule has 2 aromatic heterocycles. The average Bonchev–Trinajstić information content (AvgIpc) is 2.47. The second-order valence-electron chi connectivity index (χ2n) is 4.24. The van der Waals surface area contributed by atoms with E-state index >= 15 is 0 Å². The molecular formula is C14H13N3O4. The van der Waals surface area contributed by atoms with Crippen LogP contribution in [0.2, 0.25) is 0 Å². The lowest BCUT2D eigenvalue weighted by molar-refractivity contribution is -0.116. The minimum Gasteiger partial charge on any atom is -0.478 e. The number of aromatic nitrogens is 2. The van der Waals surface area contributed by atoms with Gasteiger partial charge in [-0.1, -0.05) is 6.07 Å². The summed E-state index contributed by atoms with van der Waals surface area (Å²) in [6.45, 7) is 0.209. The normalized spacial score (nSPS) is 10.1. The molecule has 0 bridgehead atoms. The van der Waals surface area contributed by atoms with Crippen LogP contribution in [0.3, 0.4) is 0 Å². The fourth-order valence-corrected chi connectivity index (χ4v) is 1.74. The summed E-state index contributed by atoms with van der Waals surface area (Å²) in [6, 6.07) is 7.54. The second-order valence-corrected chi connectivity index (χ2v) is 4.24. The SMILES string of the molecule is O=C(CCn1ccccc1=O)Nc1ncccc1C(=O)O. The largest absolute Gasteiger partial charge is 0.478 e. The molecule has 2 heterocycles. The molecule has 0 aliphatic heterocycles. The van der Waals surface area contributed by atoms with Crippen LogP contribution < -0.4 is 10.9 Å². The van der Waals surface area contributed by atoms with Gasteiger partial charge in [-0.3, -0.25) is 9.59 Å². The first-order valence-electron chi connectivity index (χ1n) is 6.21. The van der Waals surface area contributed by atoms with Crippen LogP contribution >= 0.6 is 0 Å². The van der Waals surface area contributed by atoms with E-state index in [4.69, 9.17) is 5.11 Å². The van der Waals surface area contributed by atoms with Gasteiger partial charge in [0.25, 0.3) is 5.56 Å². The first kappa shape index (κ1) is 14.4. The van der Waals surface area contributed by atoms with E-state index in [1.54, 1.807) is 18.3 Å². The zero-order valence-corrected chi connectivity index (χ0v) is 11.0. The van der Waals surface area contributed by atoms with Crippen molar-refractivity contribution in [3.63, 3.8) is 0 Å². The number of carboxylic acid groups (broad SMARTS) is 1. The number of carbonyl (C=O) groups is 2. The molecule has 21 heavy (non-hydrogen) atoms. The molecule has 0 aliphatic carbocycles. The van der Waals surface area contributed by atoms with Gasteiger partial charge >= 0.3 is 5.97 Å². The van der Waals surface area contributed by atoms with Gasteiger partial charge in [0.1, 0.15) is 11.4 Å². The van der Waals surface area contributed by atoms with Gasteiger partial charge in [0.05, 0.1) is 0 Å². The number of hydrogen-bond acceptors (Lipinski definition) is 4. The Morgan fingerprint density at radius 2 is 2.05 bits per heavy atom. The number of pyridine rings is 2. The molecule has 0 saturated heterocycles. The molecule has 2 aromatic rings. The molecular weight excluding hydrogens is 274 g/mol. The fourth-order valence-electron chi connectivity index (χ4n) is 1.74. The van der Waals surface area contributed by atoms with Crippen LogP contribution in [0, 0.1) is 0 Å². The Morgan fingerprint density at radius 1 is 1.24 bits per heavy atom. The number of anilines is 1. The van der Waals surface area contributed by atoms with Crippen LogP contribution in [0.4, 0.5) is 5.82 Å². The summed E-state index contributed by atoms with van der Waals surface area (Å²) in [4.78, 5) is 38.1. The van der Waals surface area contributed by atoms with Gasteiger partial charge in [-0.2, -0.15) is 0 Å². The van der Waals surface area contributed by atoms with Gasteiger partial charge in [-0.05, 0) is 18.2 Å². The van der Waals surface area contributed by atoms with Gasteiger partial charge < -0.3 is 15.0 Å². The lowest BCUT2D eigenvalue weighted by Crippen LogP contribution is -2.22. The third kappa shape index (κ3) is 3.75. The van der Waals surface area contributed by atoms with Crippen molar-refractivity contribution in [3.8, 4) is 0 Å². The summed E-state index contributed by atoms with van der Waals surface area (Å²) in [7, 11) is 0. The average molecular weight is 287 g/mol. The van der Waals surface area contributed by atoms with Crippen LogP contribution in [0.25, 0.3) is 0 Å². The smallest absolute Gasteiger partial charge is 0.339 e. The van der Waals surface area contributed by atoms with Crippen molar-refractivity contribution in [3.05, 3.63) is 58.6 Å². The Labute approximate surface area is 119 Å². The summed E-state index contributed by atoms with van der Waals surface area (Å²) in [5.74, 6) is -1.58. The number of aryl methyl sites for hydroxylation is 1. The zero-order valence-electron chi connectivity index (χ0n) is 11.0. The Morgan fingerprint density at radius 3 is 2.76 bits per heavy atom. The maximum absolute atomic E-state index is 11.8. The molecule has 1 amide bonds. The van der Waals surface area contributed by atoms with E-state index in [9.17, 15) is 14.4 Å². The number of rotatable bonds is 5. The van der Waals surface area contributed by atoms with Crippen LogP contribution in [-0.4, -0.2) is 26.5 Å². The number of nitrogens with zero attached hydrogens (tertiary/aromatic N) is 2. The predicted molar refractivity (Wildman–Crippen MR) is 75.1 cm³/mol. The monoisotopic (exact) mass is 287 g/mol. The lowest BCUT2D eigenvalue weighted by Gasteiger charge is -2.08. The van der Waals surface area contributed by atoms with Crippen molar-refractivity contribution in [2.24, 2.45) is 0 Å². The number of nitrogens with one attached hydrogen (secondary N) is 1. The van der Waals surface area contributed by atoms with Crippen molar-refractivity contribution >= 4 is 17.7 Å². The standard InChI is InChI=1S/C14H13N3O4/c18-11(6-9-17-8-2-1-5-12(17)19)16-13-10(14(20)21)4-3-7-15-13/h1-5,7-8H,6,9H2,(H,20,21)(H,15,16,18). The molecule has 0 fully saturated rings. The van der Waals surface area contributed by atoms with E-state index < -0.39 is 11.9 Å². The molecule has 0 saturated carbocycles. The number of carboxylic acids is 1. The maximum Gasteiger partial charge on any atom is 0.339 e. The van der Waals surface area contributed by atoms with E-state index in [0.29, 0.717) is 0 Å². The van der Waals surface area contributed by atoms with E-state index in [1.807, 2.05) is 0 Å². The summed E-state index contributed by atoms with van der Waals surface area (Å²) in [5, 5.41) is 11.4. The van der Waals surface area contributed by atoms with Crippen LogP contribution in [0.1, 0.15) is 16.8 Å². The molecule has 7 heteroatoms. The maximum atomic E-state index is 11.8. The molecule has 2 N–H and O–H groups in total. The summed E-state index contributed by atoms with van der Waals surface area (Å²) >= 11 is 0. The van der Waals surface area contributed by atoms with E-state index in [0.717, 1.165) is 0 Å². The van der Waals surface area contributed by atoms with Crippen LogP contribution in [-0.2, 0) is 11.3 Å². The van der Waals surface area contributed by atoms with Crippen molar-refractivity contribution in [1.82, 2.24) is 9.55 Å². The Balaban J connectivity index is 2.01. The molecule has 0 aromatic carbocycles. The number of amides is 1. The summed E-state index contributed by atoms with van der Waals surface area (Å²) in [5.41, 5.74) is -0.280. The molecule has 0 spiro atoms. The van der Waals surface area contributed by atoms with Gasteiger partial charge in [0.2, 0.25) is 5.91 Å². The van der Waals surface area contributed by atoms with Crippen molar-refractivity contribution in [2.45, 2.75) is 13.0 Å². The highest BCUT2D eigenvalue weighted by Gasteiger charge is 2.13. The highest BCUT2D eigenvalue weighted by Crippen LogP contribution is 2.11. The van der Waals surface area contributed by atoms with E-state index in [1.165, 1.54) is 29.0 Å². The third-order valence-electron chi connectivity index (χ3n) is 2.77. The first-order valence-corrected chi connectivity index (χ1v) is 6.21. The predicted octanol–water partition coefficient (Wildman–Crippen LogP) is 0.970. The first-order chi connectivity index (χ1) is 10.1. The molecule has 0 radical (unpaired) electrons. The minimum absolute atomic E-state index is 0.00425. The lowest BCUT2D eigenvalue weighted by atomic mass is 10.2. The summed E-state index contributed by atoms with van der Waals surface area (Å²) in [6.07, 6.45) is 3.02. The Hall–Kier alpha value is -2.96. The van der Waals surface area contributed by atoms with Gasteiger partial charge in [0, 0.05) is 31.4 Å². The van der Waals surface area contributed by atoms with Crippen LogP contribution in [0.5, 0.6) is 0 Å². The third-order valence-corrected chi connectivity index (χ3v) is 2.77. The van der Waals surface area contributed by atoms with Crippen LogP contribution in [0.15, 0.2) is 47.5 Å². The Kier molecular flexibility index (Phi) is 4.45. The Bertz CT molecular complexity index is 724. The quantitative estimate of drug-likeness (QED) is 0.853. The molecule has 7 nitrogen and oxygen atoms in total. The zero-order chi connectivity index (χ0) is 15.2. The van der Waals surface area contributed by atoms with E-state index in [-0.39, 0.29) is 29.9 Å². The molecule has 2 rings (SSSR count). The topological polar surface area (TPSA) is 101 Å². The van der Waals surface area contributed by atoms with E-state index in [2.05, 4.69) is 10.3 Å². The molecule has 0 unspecified atom stereocenters. The van der Waals surface area contributed by atoms with Crippen molar-refractivity contribution < 1.29 is 14.7 Å². The van der Waals surface area contributed by atoms with Crippen molar-refractivity contribution in [1.29, 1.82) is 0 Å². The molecule has 0 atom stereocenters. The van der Waals surface area contributed by atoms with Gasteiger partial charge in [-0.15, -0.1) is 0 Å². The minimum atomic E-state index is -1.17. The number of carbonyl (C=O) groups excluding carboxylic acids is 1. The highest BCUT2D eigenvalue weighted by atomic mass is 16.4. The summed E-state index contributed by atoms with van der Waals surface area (Å²) < 4.78 is 1.40. The fraction of sp³-hybridized carbons (Fsp3) is 0.143. The number of hydrogen-bond donors (Lipinski definition) is 2.